The molecule has 1 aromatic rings. The first kappa shape index (κ1) is 14.8. The predicted octanol–water partition coefficient (Wildman–Crippen LogP) is 4.35. The molecule has 1 aromatic carbocycles. The summed E-state index contributed by atoms with van der Waals surface area (Å²) in [5.74, 6) is -0.840. The molecule has 1 aliphatic carbocycles. The first-order valence-corrected chi connectivity index (χ1v) is 7.85. The van der Waals surface area contributed by atoms with Crippen molar-refractivity contribution in [3.05, 3.63) is 29.8 Å². The number of rotatable bonds is 4. The fourth-order valence-electron chi connectivity index (χ4n) is 2.77. The zero-order valence-corrected chi connectivity index (χ0v) is 12.1. The van der Waals surface area contributed by atoms with E-state index in [2.05, 4.69) is 6.92 Å². The molecule has 0 heterocycles. The molecule has 0 saturated heterocycles. The van der Waals surface area contributed by atoms with Gasteiger partial charge in [0.2, 0.25) is 0 Å². The van der Waals surface area contributed by atoms with Gasteiger partial charge in [0.25, 0.3) is 0 Å². The molecule has 1 aliphatic rings. The van der Waals surface area contributed by atoms with E-state index in [9.17, 15) is 8.78 Å². The van der Waals surface area contributed by atoms with Gasteiger partial charge in [-0.05, 0) is 43.4 Å². The molecule has 1 nitrogen and oxygen atoms in total. The normalized spacial score (nSPS) is 27.5. The summed E-state index contributed by atoms with van der Waals surface area (Å²) in [7, 11) is 0. The van der Waals surface area contributed by atoms with Crippen LogP contribution in [0.4, 0.5) is 8.78 Å². The lowest BCUT2D eigenvalue weighted by Gasteiger charge is -2.33. The van der Waals surface area contributed by atoms with E-state index in [0.29, 0.717) is 5.25 Å². The van der Waals surface area contributed by atoms with E-state index in [4.69, 9.17) is 5.73 Å². The van der Waals surface area contributed by atoms with Gasteiger partial charge in [-0.25, -0.2) is 8.78 Å². The SMILES string of the molecule is CCCC1CCC(N)C(Sc2ccc(F)c(F)c2)C1. The Morgan fingerprint density at radius 1 is 1.26 bits per heavy atom. The summed E-state index contributed by atoms with van der Waals surface area (Å²) in [5.41, 5.74) is 6.16. The Balaban J connectivity index is 2.01. The Morgan fingerprint density at radius 2 is 2.05 bits per heavy atom. The van der Waals surface area contributed by atoms with Crippen LogP contribution in [0.25, 0.3) is 0 Å². The van der Waals surface area contributed by atoms with Crippen molar-refractivity contribution in [2.45, 2.75) is 55.2 Å². The first-order chi connectivity index (χ1) is 9.10. The topological polar surface area (TPSA) is 26.0 Å². The maximum absolute atomic E-state index is 13.2. The molecule has 3 unspecified atom stereocenters. The van der Waals surface area contributed by atoms with Crippen LogP contribution in [0.1, 0.15) is 39.0 Å². The molecule has 0 aliphatic heterocycles. The van der Waals surface area contributed by atoms with Crippen molar-refractivity contribution in [2.75, 3.05) is 0 Å². The molecule has 0 amide bonds. The molecule has 1 fully saturated rings. The third-order valence-electron chi connectivity index (χ3n) is 3.83. The number of hydrogen-bond donors (Lipinski definition) is 1. The minimum atomic E-state index is -0.791. The van der Waals surface area contributed by atoms with Crippen LogP contribution in [0.15, 0.2) is 23.1 Å². The van der Waals surface area contributed by atoms with Gasteiger partial charge in [0, 0.05) is 16.2 Å². The van der Waals surface area contributed by atoms with Crippen molar-refractivity contribution in [1.82, 2.24) is 0 Å². The molecule has 19 heavy (non-hydrogen) atoms. The van der Waals surface area contributed by atoms with Crippen molar-refractivity contribution >= 4 is 11.8 Å². The van der Waals surface area contributed by atoms with Gasteiger partial charge in [-0.1, -0.05) is 19.8 Å². The number of benzene rings is 1. The number of nitrogens with two attached hydrogens (primary N) is 1. The number of hydrogen-bond acceptors (Lipinski definition) is 2. The monoisotopic (exact) mass is 285 g/mol. The van der Waals surface area contributed by atoms with Crippen molar-refractivity contribution in [1.29, 1.82) is 0 Å². The van der Waals surface area contributed by atoms with Gasteiger partial charge in [-0.2, -0.15) is 0 Å². The minimum Gasteiger partial charge on any atom is -0.327 e. The van der Waals surface area contributed by atoms with Gasteiger partial charge in [0.1, 0.15) is 0 Å². The Bertz CT molecular complexity index is 425. The Labute approximate surface area is 118 Å². The number of thioether (sulfide) groups is 1. The minimum absolute atomic E-state index is 0.159. The highest BCUT2D eigenvalue weighted by atomic mass is 32.2. The van der Waals surface area contributed by atoms with Crippen LogP contribution in [0, 0.1) is 17.6 Å². The molecule has 0 spiro atoms. The summed E-state index contributed by atoms with van der Waals surface area (Å²) >= 11 is 1.59. The second-order valence-corrected chi connectivity index (χ2v) is 6.68. The summed E-state index contributed by atoms with van der Waals surface area (Å²) in [6.07, 6.45) is 5.75. The Kier molecular flexibility index (Phi) is 5.22. The van der Waals surface area contributed by atoms with Crippen LogP contribution < -0.4 is 5.73 Å². The third-order valence-corrected chi connectivity index (χ3v) is 5.20. The van der Waals surface area contributed by atoms with Gasteiger partial charge in [-0.3, -0.25) is 0 Å². The second kappa shape index (κ2) is 6.71. The lowest BCUT2D eigenvalue weighted by atomic mass is 9.83. The maximum Gasteiger partial charge on any atom is 0.159 e. The Morgan fingerprint density at radius 3 is 2.74 bits per heavy atom. The average Bonchev–Trinajstić information content (AvgIpc) is 2.38. The third kappa shape index (κ3) is 3.93. The van der Waals surface area contributed by atoms with Gasteiger partial charge in [-0.15, -0.1) is 11.8 Å². The van der Waals surface area contributed by atoms with Gasteiger partial charge in [0.05, 0.1) is 0 Å². The first-order valence-electron chi connectivity index (χ1n) is 6.97. The second-order valence-electron chi connectivity index (χ2n) is 5.36. The van der Waals surface area contributed by atoms with Crippen LogP contribution in [0.2, 0.25) is 0 Å². The van der Waals surface area contributed by atoms with E-state index in [-0.39, 0.29) is 6.04 Å². The van der Waals surface area contributed by atoms with E-state index in [1.165, 1.54) is 31.4 Å². The van der Waals surface area contributed by atoms with Crippen LogP contribution >= 0.6 is 11.8 Å². The van der Waals surface area contributed by atoms with Crippen molar-refractivity contribution < 1.29 is 8.78 Å². The van der Waals surface area contributed by atoms with Crippen LogP contribution in [-0.4, -0.2) is 11.3 Å². The fraction of sp³-hybridized carbons (Fsp3) is 0.600. The molecule has 2 rings (SSSR count). The molecule has 0 aromatic heterocycles. The van der Waals surface area contributed by atoms with E-state index >= 15 is 0 Å². The summed E-state index contributed by atoms with van der Waals surface area (Å²) in [4.78, 5) is 0.775. The molecule has 0 radical (unpaired) electrons. The predicted molar refractivity (Wildman–Crippen MR) is 76.2 cm³/mol. The summed E-state index contributed by atoms with van der Waals surface area (Å²) in [6, 6.07) is 4.26. The summed E-state index contributed by atoms with van der Waals surface area (Å²) < 4.78 is 26.1. The lowest BCUT2D eigenvalue weighted by Crippen LogP contribution is -2.38. The smallest absolute Gasteiger partial charge is 0.159 e. The van der Waals surface area contributed by atoms with E-state index in [1.54, 1.807) is 17.8 Å². The van der Waals surface area contributed by atoms with Crippen molar-refractivity contribution in [3.8, 4) is 0 Å². The highest BCUT2D eigenvalue weighted by Gasteiger charge is 2.28. The molecule has 106 valence electrons. The molecule has 3 atom stereocenters. The van der Waals surface area contributed by atoms with Gasteiger partial charge in [0.15, 0.2) is 11.6 Å². The van der Waals surface area contributed by atoms with Gasteiger partial charge < -0.3 is 5.73 Å². The lowest BCUT2D eigenvalue weighted by molar-refractivity contribution is 0.317. The largest absolute Gasteiger partial charge is 0.327 e. The van der Waals surface area contributed by atoms with Crippen LogP contribution in [-0.2, 0) is 0 Å². The van der Waals surface area contributed by atoms with Crippen molar-refractivity contribution in [3.63, 3.8) is 0 Å². The van der Waals surface area contributed by atoms with Crippen LogP contribution in [0.3, 0.4) is 0 Å². The highest BCUT2D eigenvalue weighted by molar-refractivity contribution is 8.00. The fourth-order valence-corrected chi connectivity index (χ4v) is 4.11. The quantitative estimate of drug-likeness (QED) is 0.890. The summed E-state index contributed by atoms with van der Waals surface area (Å²) in [5, 5.41) is 0.315. The van der Waals surface area contributed by atoms with Gasteiger partial charge >= 0.3 is 0 Å². The maximum atomic E-state index is 13.2. The molecular formula is C15H21F2NS. The molecule has 1 saturated carbocycles. The highest BCUT2D eigenvalue weighted by Crippen LogP contribution is 2.37. The molecule has 4 heteroatoms. The molecule has 0 bridgehead atoms. The standard InChI is InChI=1S/C15H21F2NS/c1-2-3-10-4-7-14(18)15(8-10)19-11-5-6-12(16)13(17)9-11/h5-6,9-10,14-15H,2-4,7-8,18H2,1H3. The van der Waals surface area contributed by atoms with E-state index in [0.717, 1.165) is 23.7 Å². The molecular weight excluding hydrogens is 264 g/mol. The average molecular weight is 285 g/mol. The van der Waals surface area contributed by atoms with Crippen molar-refractivity contribution in [2.24, 2.45) is 11.7 Å². The van der Waals surface area contributed by atoms with E-state index < -0.39 is 11.6 Å². The molecule has 2 N–H and O–H groups in total. The number of halogens is 2. The Hall–Kier alpha value is -0.610. The summed E-state index contributed by atoms with van der Waals surface area (Å²) in [6.45, 7) is 2.20. The zero-order chi connectivity index (χ0) is 13.8. The van der Waals surface area contributed by atoms with E-state index in [1.807, 2.05) is 0 Å². The zero-order valence-electron chi connectivity index (χ0n) is 11.2. The van der Waals surface area contributed by atoms with Crippen LogP contribution in [0.5, 0.6) is 0 Å².